The van der Waals surface area contributed by atoms with Crippen LogP contribution in [0.1, 0.15) is 23.2 Å². The van der Waals surface area contributed by atoms with Crippen molar-refractivity contribution in [1.29, 1.82) is 0 Å². The minimum absolute atomic E-state index is 0.234. The highest BCUT2D eigenvalue weighted by atomic mass is 35.5. The van der Waals surface area contributed by atoms with Crippen LogP contribution in [0.4, 0.5) is 10.8 Å². The number of nitrogens with zero attached hydrogens (tertiary/aromatic N) is 2. The Bertz CT molecular complexity index is 983. The van der Waals surface area contributed by atoms with Gasteiger partial charge in [-0.15, -0.1) is 11.3 Å². The molecule has 1 saturated heterocycles. The molecule has 3 aromatic rings. The standard InChI is InChI=1S/C20H17Cl2N3OS/c21-16-7-6-14(11-17(16)22)19(26)23-15-5-3-4-13(10-15)18-12-27-20(24-18)25-8-1-2-9-25/h3-7,10-12H,1-2,8-9H2,(H,23,26). The Morgan fingerprint density at radius 3 is 2.67 bits per heavy atom. The fraction of sp³-hybridized carbons (Fsp3) is 0.200. The highest BCUT2D eigenvalue weighted by molar-refractivity contribution is 7.14. The van der Waals surface area contributed by atoms with Gasteiger partial charge in [-0.05, 0) is 43.2 Å². The van der Waals surface area contributed by atoms with Crippen LogP contribution in [0.25, 0.3) is 11.3 Å². The normalized spacial score (nSPS) is 13.8. The predicted molar refractivity (Wildman–Crippen MR) is 113 cm³/mol. The number of carbonyl (C=O) groups excluding carboxylic acids is 1. The van der Waals surface area contributed by atoms with E-state index in [1.54, 1.807) is 29.5 Å². The molecule has 2 heterocycles. The number of thiazole rings is 1. The first-order valence-corrected chi connectivity index (χ1v) is 10.3. The van der Waals surface area contributed by atoms with Gasteiger partial charge in [0.25, 0.3) is 5.91 Å². The first-order chi connectivity index (χ1) is 13.1. The molecule has 1 aromatic heterocycles. The van der Waals surface area contributed by atoms with Gasteiger partial charge in [0.2, 0.25) is 0 Å². The summed E-state index contributed by atoms with van der Waals surface area (Å²) in [6, 6.07) is 12.5. The summed E-state index contributed by atoms with van der Waals surface area (Å²) in [5.74, 6) is -0.234. The van der Waals surface area contributed by atoms with Gasteiger partial charge in [-0.25, -0.2) is 4.98 Å². The van der Waals surface area contributed by atoms with Crippen LogP contribution in [0.2, 0.25) is 10.0 Å². The summed E-state index contributed by atoms with van der Waals surface area (Å²) in [5, 5.41) is 6.81. The van der Waals surface area contributed by atoms with E-state index >= 15 is 0 Å². The zero-order chi connectivity index (χ0) is 18.8. The van der Waals surface area contributed by atoms with Crippen molar-refractivity contribution in [2.75, 3.05) is 23.3 Å². The Kier molecular flexibility index (Phi) is 5.34. The Hall–Kier alpha value is -2.08. The Morgan fingerprint density at radius 2 is 1.89 bits per heavy atom. The van der Waals surface area contributed by atoms with Crippen molar-refractivity contribution in [3.63, 3.8) is 0 Å². The van der Waals surface area contributed by atoms with E-state index in [0.29, 0.717) is 21.3 Å². The zero-order valence-corrected chi connectivity index (χ0v) is 16.7. The summed E-state index contributed by atoms with van der Waals surface area (Å²) in [6.07, 6.45) is 2.45. The van der Waals surface area contributed by atoms with Crippen molar-refractivity contribution in [3.05, 3.63) is 63.5 Å². The lowest BCUT2D eigenvalue weighted by molar-refractivity contribution is 0.102. The molecule has 0 saturated carbocycles. The lowest BCUT2D eigenvalue weighted by atomic mass is 10.1. The van der Waals surface area contributed by atoms with E-state index < -0.39 is 0 Å². The number of nitrogens with one attached hydrogen (secondary N) is 1. The number of rotatable bonds is 4. The van der Waals surface area contributed by atoms with Crippen LogP contribution >= 0.6 is 34.5 Å². The zero-order valence-electron chi connectivity index (χ0n) is 14.4. The molecular weight excluding hydrogens is 401 g/mol. The second-order valence-electron chi connectivity index (χ2n) is 6.37. The van der Waals surface area contributed by atoms with Crippen molar-refractivity contribution in [1.82, 2.24) is 4.98 Å². The lowest BCUT2D eigenvalue weighted by Crippen LogP contribution is -2.17. The number of aromatic nitrogens is 1. The van der Waals surface area contributed by atoms with E-state index in [2.05, 4.69) is 15.6 Å². The first kappa shape index (κ1) is 18.3. The molecule has 2 aromatic carbocycles. The molecule has 27 heavy (non-hydrogen) atoms. The maximum absolute atomic E-state index is 12.5. The molecule has 0 unspecified atom stereocenters. The number of carbonyl (C=O) groups is 1. The number of benzene rings is 2. The monoisotopic (exact) mass is 417 g/mol. The fourth-order valence-electron chi connectivity index (χ4n) is 3.05. The predicted octanol–water partition coefficient (Wildman–Crippen LogP) is 5.97. The average molecular weight is 418 g/mol. The quantitative estimate of drug-likeness (QED) is 0.568. The number of amides is 1. The van der Waals surface area contributed by atoms with Crippen molar-refractivity contribution in [3.8, 4) is 11.3 Å². The second-order valence-corrected chi connectivity index (χ2v) is 8.02. The van der Waals surface area contributed by atoms with Gasteiger partial charge >= 0.3 is 0 Å². The molecule has 1 fully saturated rings. The molecular formula is C20H17Cl2N3OS. The minimum atomic E-state index is -0.234. The van der Waals surface area contributed by atoms with E-state index in [9.17, 15) is 4.79 Å². The average Bonchev–Trinajstić information content (AvgIpc) is 3.35. The van der Waals surface area contributed by atoms with E-state index in [1.807, 2.05) is 24.3 Å². The van der Waals surface area contributed by atoms with Gasteiger partial charge in [0.05, 0.1) is 15.7 Å². The molecule has 1 aliphatic rings. The van der Waals surface area contributed by atoms with E-state index in [0.717, 1.165) is 29.5 Å². The third kappa shape index (κ3) is 4.10. The minimum Gasteiger partial charge on any atom is -0.348 e. The summed E-state index contributed by atoms with van der Waals surface area (Å²) in [5.41, 5.74) is 3.07. The van der Waals surface area contributed by atoms with Gasteiger partial charge in [-0.2, -0.15) is 0 Å². The van der Waals surface area contributed by atoms with Gasteiger partial charge in [0.1, 0.15) is 0 Å². The summed E-state index contributed by atoms with van der Waals surface area (Å²) in [7, 11) is 0. The topological polar surface area (TPSA) is 45.2 Å². The summed E-state index contributed by atoms with van der Waals surface area (Å²) < 4.78 is 0. The molecule has 4 nitrogen and oxygen atoms in total. The van der Waals surface area contributed by atoms with Crippen LogP contribution in [-0.2, 0) is 0 Å². The van der Waals surface area contributed by atoms with E-state index in [-0.39, 0.29) is 5.91 Å². The molecule has 1 aliphatic heterocycles. The molecule has 7 heteroatoms. The Morgan fingerprint density at radius 1 is 1.07 bits per heavy atom. The number of hydrogen-bond donors (Lipinski definition) is 1. The van der Waals surface area contributed by atoms with Crippen molar-refractivity contribution >= 4 is 51.3 Å². The molecule has 0 spiro atoms. The van der Waals surface area contributed by atoms with Gasteiger partial charge in [-0.3, -0.25) is 4.79 Å². The highest BCUT2D eigenvalue weighted by Gasteiger charge is 2.16. The van der Waals surface area contributed by atoms with Crippen LogP contribution in [0, 0.1) is 0 Å². The van der Waals surface area contributed by atoms with Crippen LogP contribution < -0.4 is 10.2 Å². The Labute approximate surface area is 171 Å². The van der Waals surface area contributed by atoms with Gasteiger partial charge in [0.15, 0.2) is 5.13 Å². The molecule has 4 rings (SSSR count). The van der Waals surface area contributed by atoms with Gasteiger partial charge in [-0.1, -0.05) is 35.3 Å². The molecule has 0 aliphatic carbocycles. The maximum Gasteiger partial charge on any atom is 0.255 e. The fourth-order valence-corrected chi connectivity index (χ4v) is 4.23. The van der Waals surface area contributed by atoms with Crippen LogP contribution in [0.3, 0.4) is 0 Å². The van der Waals surface area contributed by atoms with Crippen molar-refractivity contribution in [2.45, 2.75) is 12.8 Å². The smallest absolute Gasteiger partial charge is 0.255 e. The molecule has 138 valence electrons. The third-order valence-corrected chi connectivity index (χ3v) is 6.11. The molecule has 1 N–H and O–H groups in total. The van der Waals surface area contributed by atoms with Crippen LogP contribution in [0.15, 0.2) is 47.8 Å². The van der Waals surface area contributed by atoms with Gasteiger partial charge < -0.3 is 10.2 Å². The third-order valence-electron chi connectivity index (χ3n) is 4.47. The van der Waals surface area contributed by atoms with Crippen molar-refractivity contribution in [2.24, 2.45) is 0 Å². The molecule has 0 radical (unpaired) electrons. The summed E-state index contributed by atoms with van der Waals surface area (Å²) in [6.45, 7) is 2.15. The lowest BCUT2D eigenvalue weighted by Gasteiger charge is -2.12. The summed E-state index contributed by atoms with van der Waals surface area (Å²) in [4.78, 5) is 19.6. The SMILES string of the molecule is O=C(Nc1cccc(-c2csc(N3CCCC3)n2)c1)c1ccc(Cl)c(Cl)c1. The van der Waals surface area contributed by atoms with Crippen LogP contribution in [0.5, 0.6) is 0 Å². The molecule has 0 atom stereocenters. The number of anilines is 2. The van der Waals surface area contributed by atoms with E-state index in [4.69, 9.17) is 28.2 Å². The highest BCUT2D eigenvalue weighted by Crippen LogP contribution is 2.30. The summed E-state index contributed by atoms with van der Waals surface area (Å²) >= 11 is 13.6. The largest absolute Gasteiger partial charge is 0.348 e. The maximum atomic E-state index is 12.5. The number of hydrogen-bond acceptors (Lipinski definition) is 4. The van der Waals surface area contributed by atoms with Gasteiger partial charge in [0, 0.05) is 35.3 Å². The van der Waals surface area contributed by atoms with Crippen molar-refractivity contribution < 1.29 is 4.79 Å². The molecule has 1 amide bonds. The van der Waals surface area contributed by atoms with E-state index in [1.165, 1.54) is 12.8 Å². The second kappa shape index (κ2) is 7.89. The van der Waals surface area contributed by atoms with Crippen LogP contribution in [-0.4, -0.2) is 24.0 Å². The first-order valence-electron chi connectivity index (χ1n) is 8.67. The number of halogens is 2. The molecule has 0 bridgehead atoms. The Balaban J connectivity index is 1.52.